The first-order valence-corrected chi connectivity index (χ1v) is 9.68. The summed E-state index contributed by atoms with van der Waals surface area (Å²) in [7, 11) is 3.20. The SMILES string of the molecule is COc1cc2c(cc1OC)[C@@H](CNC(=O)C(C)C)N(C(=O)NC(C)(C)C)CC2. The molecule has 7 heteroatoms. The van der Waals surface area contributed by atoms with Crippen molar-refractivity contribution in [2.75, 3.05) is 27.3 Å². The van der Waals surface area contributed by atoms with E-state index in [0.29, 0.717) is 31.0 Å². The van der Waals surface area contributed by atoms with E-state index >= 15 is 0 Å². The van der Waals surface area contributed by atoms with Gasteiger partial charge in [-0.2, -0.15) is 0 Å². The summed E-state index contributed by atoms with van der Waals surface area (Å²) in [6.45, 7) is 10.5. The van der Waals surface area contributed by atoms with E-state index in [1.165, 1.54) is 0 Å². The summed E-state index contributed by atoms with van der Waals surface area (Å²) < 4.78 is 10.9. The van der Waals surface area contributed by atoms with Gasteiger partial charge in [-0.05, 0) is 50.5 Å². The number of carbonyl (C=O) groups is 2. The smallest absolute Gasteiger partial charge is 0.318 e. The maximum Gasteiger partial charge on any atom is 0.318 e. The summed E-state index contributed by atoms with van der Waals surface area (Å²) >= 11 is 0. The number of fused-ring (bicyclic) bond motifs is 1. The molecule has 0 saturated carbocycles. The Balaban J connectivity index is 2.40. The van der Waals surface area contributed by atoms with Gasteiger partial charge >= 0.3 is 6.03 Å². The highest BCUT2D eigenvalue weighted by Crippen LogP contribution is 2.38. The van der Waals surface area contributed by atoms with Crippen LogP contribution in [0.3, 0.4) is 0 Å². The van der Waals surface area contributed by atoms with Gasteiger partial charge in [-0.25, -0.2) is 4.79 Å². The largest absolute Gasteiger partial charge is 0.493 e. The van der Waals surface area contributed by atoms with Crippen molar-refractivity contribution in [3.05, 3.63) is 23.3 Å². The van der Waals surface area contributed by atoms with Crippen LogP contribution in [-0.2, 0) is 11.2 Å². The summed E-state index contributed by atoms with van der Waals surface area (Å²) in [5.74, 6) is 1.12. The Labute approximate surface area is 167 Å². The number of nitrogens with one attached hydrogen (secondary N) is 2. The zero-order valence-electron chi connectivity index (χ0n) is 18.0. The second-order valence-corrected chi connectivity index (χ2v) is 8.45. The third kappa shape index (κ3) is 5.09. The van der Waals surface area contributed by atoms with Crippen LogP contribution in [0.1, 0.15) is 51.8 Å². The Kier molecular flexibility index (Phi) is 6.80. The van der Waals surface area contributed by atoms with Crippen molar-refractivity contribution in [1.82, 2.24) is 15.5 Å². The van der Waals surface area contributed by atoms with Gasteiger partial charge in [-0.15, -0.1) is 0 Å². The van der Waals surface area contributed by atoms with Gasteiger partial charge in [0.2, 0.25) is 5.91 Å². The molecule has 0 bridgehead atoms. The number of hydrogen-bond acceptors (Lipinski definition) is 4. The lowest BCUT2D eigenvalue weighted by molar-refractivity contribution is -0.124. The maximum atomic E-state index is 12.9. The molecule has 28 heavy (non-hydrogen) atoms. The Hall–Kier alpha value is -2.44. The van der Waals surface area contributed by atoms with Gasteiger partial charge in [0, 0.05) is 24.5 Å². The number of carbonyl (C=O) groups excluding carboxylic acids is 2. The molecule has 0 unspecified atom stereocenters. The number of ether oxygens (including phenoxy) is 2. The van der Waals surface area contributed by atoms with E-state index in [4.69, 9.17) is 9.47 Å². The molecule has 7 nitrogen and oxygen atoms in total. The van der Waals surface area contributed by atoms with Crippen molar-refractivity contribution in [3.63, 3.8) is 0 Å². The van der Waals surface area contributed by atoms with Crippen molar-refractivity contribution in [3.8, 4) is 11.5 Å². The minimum atomic E-state index is -0.347. The molecule has 0 saturated heterocycles. The van der Waals surface area contributed by atoms with Crippen LogP contribution in [0, 0.1) is 5.92 Å². The molecule has 1 aromatic rings. The average Bonchev–Trinajstić information content (AvgIpc) is 2.62. The van der Waals surface area contributed by atoms with Gasteiger partial charge < -0.3 is 25.0 Å². The van der Waals surface area contributed by atoms with E-state index in [0.717, 1.165) is 11.1 Å². The molecule has 0 aromatic heterocycles. The monoisotopic (exact) mass is 391 g/mol. The molecule has 0 fully saturated rings. The third-order valence-corrected chi connectivity index (χ3v) is 4.74. The predicted octanol–water partition coefficient (Wildman–Crippen LogP) is 2.88. The van der Waals surface area contributed by atoms with Gasteiger partial charge in [-0.1, -0.05) is 13.8 Å². The Morgan fingerprint density at radius 2 is 1.79 bits per heavy atom. The molecular formula is C21H33N3O4. The first-order chi connectivity index (χ1) is 13.1. The lowest BCUT2D eigenvalue weighted by Gasteiger charge is -2.39. The van der Waals surface area contributed by atoms with Crippen molar-refractivity contribution < 1.29 is 19.1 Å². The molecule has 0 spiro atoms. The van der Waals surface area contributed by atoms with Crippen LogP contribution in [0.15, 0.2) is 12.1 Å². The summed E-state index contributed by atoms with van der Waals surface area (Å²) in [5, 5.41) is 6.00. The number of hydrogen-bond donors (Lipinski definition) is 2. The van der Waals surface area contributed by atoms with E-state index in [1.807, 2.05) is 46.8 Å². The fourth-order valence-electron chi connectivity index (χ4n) is 3.29. The summed E-state index contributed by atoms with van der Waals surface area (Å²) in [4.78, 5) is 26.9. The third-order valence-electron chi connectivity index (χ3n) is 4.74. The highest BCUT2D eigenvalue weighted by atomic mass is 16.5. The standard InChI is InChI=1S/C21H33N3O4/c1-13(2)19(25)22-12-16-15-11-18(28-7)17(27-6)10-14(15)8-9-24(16)20(26)23-21(3,4)5/h10-11,13,16H,8-9,12H2,1-7H3,(H,22,25)(H,23,26)/t16-/m1/s1. The molecule has 1 atom stereocenters. The molecule has 3 amide bonds. The van der Waals surface area contributed by atoms with Crippen molar-refractivity contribution in [1.29, 1.82) is 0 Å². The van der Waals surface area contributed by atoms with Gasteiger partial charge in [0.05, 0.1) is 20.3 Å². The van der Waals surface area contributed by atoms with Crippen molar-refractivity contribution in [2.24, 2.45) is 5.92 Å². The number of amides is 3. The quantitative estimate of drug-likeness (QED) is 0.809. The molecule has 2 rings (SSSR count). The summed E-state index contributed by atoms with van der Waals surface area (Å²) in [5.41, 5.74) is 1.72. The molecule has 1 heterocycles. The van der Waals surface area contributed by atoms with Crippen LogP contribution in [-0.4, -0.2) is 49.7 Å². The Morgan fingerprint density at radius 3 is 2.32 bits per heavy atom. The topological polar surface area (TPSA) is 79.9 Å². The summed E-state index contributed by atoms with van der Waals surface area (Å²) in [6.07, 6.45) is 0.710. The lowest BCUT2D eigenvalue weighted by atomic mass is 9.91. The van der Waals surface area contributed by atoms with E-state index < -0.39 is 0 Å². The molecule has 0 radical (unpaired) electrons. The Morgan fingerprint density at radius 1 is 1.18 bits per heavy atom. The van der Waals surface area contributed by atoms with Crippen LogP contribution >= 0.6 is 0 Å². The highest BCUT2D eigenvalue weighted by molar-refractivity contribution is 5.79. The number of nitrogens with zero attached hydrogens (tertiary/aromatic N) is 1. The zero-order valence-corrected chi connectivity index (χ0v) is 18.0. The number of rotatable bonds is 5. The van der Waals surface area contributed by atoms with Crippen LogP contribution in [0.2, 0.25) is 0 Å². The van der Waals surface area contributed by atoms with Gasteiger partial charge in [0.1, 0.15) is 0 Å². The number of benzene rings is 1. The maximum absolute atomic E-state index is 12.9. The second kappa shape index (κ2) is 8.71. The van der Waals surface area contributed by atoms with Crippen LogP contribution < -0.4 is 20.1 Å². The second-order valence-electron chi connectivity index (χ2n) is 8.45. The van der Waals surface area contributed by atoms with Crippen LogP contribution in [0.4, 0.5) is 4.79 Å². The fourth-order valence-corrected chi connectivity index (χ4v) is 3.29. The summed E-state index contributed by atoms with van der Waals surface area (Å²) in [6, 6.07) is 3.45. The molecule has 156 valence electrons. The molecule has 1 aliphatic rings. The van der Waals surface area contributed by atoms with Crippen molar-refractivity contribution in [2.45, 2.75) is 52.6 Å². The number of methoxy groups -OCH3 is 2. The first-order valence-electron chi connectivity index (χ1n) is 9.68. The van der Waals surface area contributed by atoms with E-state index in [9.17, 15) is 9.59 Å². The minimum Gasteiger partial charge on any atom is -0.493 e. The lowest BCUT2D eigenvalue weighted by Crippen LogP contribution is -2.53. The van der Waals surface area contributed by atoms with Gasteiger partial charge in [0.25, 0.3) is 0 Å². The van der Waals surface area contributed by atoms with Crippen LogP contribution in [0.25, 0.3) is 0 Å². The minimum absolute atomic E-state index is 0.0382. The fraction of sp³-hybridized carbons (Fsp3) is 0.619. The van der Waals surface area contributed by atoms with E-state index in [-0.39, 0.29) is 29.4 Å². The van der Waals surface area contributed by atoms with E-state index in [1.54, 1.807) is 19.1 Å². The average molecular weight is 392 g/mol. The molecule has 1 aromatic carbocycles. The molecule has 0 aliphatic carbocycles. The van der Waals surface area contributed by atoms with Gasteiger partial charge in [0.15, 0.2) is 11.5 Å². The normalized spacial score (nSPS) is 16.4. The van der Waals surface area contributed by atoms with E-state index in [2.05, 4.69) is 10.6 Å². The van der Waals surface area contributed by atoms with Gasteiger partial charge in [-0.3, -0.25) is 4.79 Å². The molecule has 1 aliphatic heterocycles. The Bertz CT molecular complexity index is 725. The zero-order chi connectivity index (χ0) is 21.1. The molecule has 2 N–H and O–H groups in total. The van der Waals surface area contributed by atoms with Crippen LogP contribution in [0.5, 0.6) is 11.5 Å². The molecular weight excluding hydrogens is 358 g/mol. The van der Waals surface area contributed by atoms with Crippen molar-refractivity contribution >= 4 is 11.9 Å². The first kappa shape index (κ1) is 21.9. The highest BCUT2D eigenvalue weighted by Gasteiger charge is 2.33. The number of urea groups is 1. The predicted molar refractivity (Wildman–Crippen MR) is 109 cm³/mol.